The third-order valence-electron chi connectivity index (χ3n) is 3.10. The lowest BCUT2D eigenvalue weighted by Crippen LogP contribution is -2.30. The van der Waals surface area contributed by atoms with Gasteiger partial charge in [-0.05, 0) is 31.0 Å². The van der Waals surface area contributed by atoms with E-state index in [-0.39, 0.29) is 31.1 Å². The highest BCUT2D eigenvalue weighted by atomic mass is 79.9. The molecule has 0 bridgehead atoms. The minimum Gasteiger partial charge on any atom is -0.481 e. The van der Waals surface area contributed by atoms with E-state index in [1.54, 1.807) is 18.2 Å². The van der Waals surface area contributed by atoms with Crippen LogP contribution in [-0.2, 0) is 16.1 Å². The van der Waals surface area contributed by atoms with Crippen LogP contribution in [0.2, 0.25) is 0 Å². The number of halogens is 2. The van der Waals surface area contributed by atoms with E-state index in [2.05, 4.69) is 22.5 Å². The summed E-state index contributed by atoms with van der Waals surface area (Å²) in [7, 11) is 0. The first kappa shape index (κ1) is 18.4. The molecule has 1 N–H and O–H groups in total. The predicted molar refractivity (Wildman–Crippen MR) is 85.8 cm³/mol. The molecule has 0 aliphatic heterocycles. The second-order valence-corrected chi connectivity index (χ2v) is 5.82. The fourth-order valence-electron chi connectivity index (χ4n) is 1.99. The van der Waals surface area contributed by atoms with Crippen LogP contribution in [0.25, 0.3) is 0 Å². The number of carbonyl (C=O) groups excluding carboxylic acids is 1. The minimum atomic E-state index is -0.869. The number of benzene rings is 1. The van der Waals surface area contributed by atoms with Crippen LogP contribution in [0.4, 0.5) is 4.39 Å². The summed E-state index contributed by atoms with van der Waals surface area (Å²) in [6, 6.07) is 4.59. The van der Waals surface area contributed by atoms with Gasteiger partial charge in [-0.2, -0.15) is 0 Å². The van der Waals surface area contributed by atoms with Crippen molar-refractivity contribution in [2.24, 2.45) is 0 Å². The maximum atomic E-state index is 13.8. The lowest BCUT2D eigenvalue weighted by atomic mass is 10.1. The van der Waals surface area contributed by atoms with Crippen molar-refractivity contribution >= 4 is 27.8 Å². The molecule has 0 aliphatic rings. The Labute approximate surface area is 137 Å². The van der Waals surface area contributed by atoms with E-state index in [9.17, 15) is 14.0 Å². The van der Waals surface area contributed by atoms with E-state index >= 15 is 0 Å². The molecule has 4 nitrogen and oxygen atoms in total. The number of carboxylic acids is 1. The topological polar surface area (TPSA) is 57.6 Å². The summed E-state index contributed by atoms with van der Waals surface area (Å²) in [5.41, 5.74) is 0.426. The van der Waals surface area contributed by atoms with Crippen molar-refractivity contribution in [1.82, 2.24) is 4.90 Å². The molecule has 1 aromatic rings. The third-order valence-corrected chi connectivity index (χ3v) is 3.60. The molecule has 6 heteroatoms. The lowest BCUT2D eigenvalue weighted by Gasteiger charge is -2.21. The Morgan fingerprint density at radius 3 is 2.64 bits per heavy atom. The molecule has 0 saturated carbocycles. The summed E-state index contributed by atoms with van der Waals surface area (Å²) in [4.78, 5) is 24.1. The van der Waals surface area contributed by atoms with Crippen molar-refractivity contribution in [2.75, 3.05) is 6.54 Å². The molecule has 1 amide bonds. The van der Waals surface area contributed by atoms with Gasteiger partial charge in [0.1, 0.15) is 5.82 Å². The number of aliphatic carboxylic acids is 1. The molecule has 0 aliphatic carbocycles. The van der Waals surface area contributed by atoms with Crippen LogP contribution in [0.1, 0.15) is 31.2 Å². The van der Waals surface area contributed by atoms with Crippen molar-refractivity contribution in [2.45, 2.75) is 32.2 Å². The molecule has 22 heavy (non-hydrogen) atoms. The third kappa shape index (κ3) is 6.39. The van der Waals surface area contributed by atoms with Gasteiger partial charge in [0.2, 0.25) is 5.91 Å². The molecule has 0 fully saturated rings. The Kier molecular flexibility index (Phi) is 7.80. The molecule has 0 saturated heterocycles. The van der Waals surface area contributed by atoms with Crippen LogP contribution in [0.15, 0.2) is 35.3 Å². The molecule has 1 aromatic carbocycles. The second kappa shape index (κ2) is 9.35. The van der Waals surface area contributed by atoms with Crippen molar-refractivity contribution in [3.8, 4) is 0 Å². The first-order valence-corrected chi connectivity index (χ1v) is 7.77. The largest absolute Gasteiger partial charge is 0.481 e. The Hall–Kier alpha value is -1.69. The van der Waals surface area contributed by atoms with E-state index in [0.717, 1.165) is 4.47 Å². The minimum absolute atomic E-state index is 0.0506. The van der Waals surface area contributed by atoms with Crippen LogP contribution in [0, 0.1) is 5.82 Å². The standard InChI is InChI=1S/C16H19BrFNO3/c1-2-9-19(15(20)5-3-4-6-16(21)22)11-12-10-13(17)7-8-14(12)18/h2,7-8,10H,1,3-6,9,11H2,(H,21,22). The SMILES string of the molecule is C=CCN(Cc1cc(Br)ccc1F)C(=O)CCCCC(=O)O. The Balaban J connectivity index is 2.63. The van der Waals surface area contributed by atoms with Gasteiger partial charge in [0.15, 0.2) is 0 Å². The predicted octanol–water partition coefficient (Wildman–Crippen LogP) is 3.75. The van der Waals surface area contributed by atoms with Crippen molar-refractivity contribution in [3.05, 3.63) is 46.7 Å². The molecule has 120 valence electrons. The lowest BCUT2D eigenvalue weighted by molar-refractivity contribution is -0.137. The fourth-order valence-corrected chi connectivity index (χ4v) is 2.40. The molecule has 0 aromatic heterocycles. The Morgan fingerprint density at radius 2 is 2.00 bits per heavy atom. The highest BCUT2D eigenvalue weighted by molar-refractivity contribution is 9.10. The van der Waals surface area contributed by atoms with Gasteiger partial charge in [-0.3, -0.25) is 9.59 Å². The van der Waals surface area contributed by atoms with Crippen molar-refractivity contribution < 1.29 is 19.1 Å². The van der Waals surface area contributed by atoms with Gasteiger partial charge in [0.25, 0.3) is 0 Å². The van der Waals surface area contributed by atoms with Gasteiger partial charge in [-0.15, -0.1) is 6.58 Å². The number of hydrogen-bond donors (Lipinski definition) is 1. The van der Waals surface area contributed by atoms with E-state index < -0.39 is 5.97 Å². The smallest absolute Gasteiger partial charge is 0.303 e. The Bertz CT molecular complexity index is 548. The molecule has 1 rings (SSSR count). The normalized spacial score (nSPS) is 10.3. The van der Waals surface area contributed by atoms with E-state index in [4.69, 9.17) is 5.11 Å². The first-order valence-electron chi connectivity index (χ1n) is 6.98. The monoisotopic (exact) mass is 371 g/mol. The van der Waals surface area contributed by atoms with Crippen LogP contribution in [-0.4, -0.2) is 28.4 Å². The number of amides is 1. The summed E-state index contributed by atoms with van der Waals surface area (Å²) in [6.45, 7) is 4.09. The van der Waals surface area contributed by atoms with Crippen molar-refractivity contribution in [1.29, 1.82) is 0 Å². The molecule has 0 spiro atoms. The van der Waals surface area contributed by atoms with E-state index in [0.29, 0.717) is 24.9 Å². The summed E-state index contributed by atoms with van der Waals surface area (Å²) < 4.78 is 14.5. The van der Waals surface area contributed by atoms with Crippen LogP contribution >= 0.6 is 15.9 Å². The van der Waals surface area contributed by atoms with Crippen LogP contribution in [0.5, 0.6) is 0 Å². The molecular formula is C16H19BrFNO3. The molecule has 0 atom stereocenters. The number of nitrogens with zero attached hydrogens (tertiary/aromatic N) is 1. The average molecular weight is 372 g/mol. The maximum absolute atomic E-state index is 13.8. The maximum Gasteiger partial charge on any atom is 0.303 e. The second-order valence-electron chi connectivity index (χ2n) is 4.90. The van der Waals surface area contributed by atoms with Crippen LogP contribution < -0.4 is 0 Å². The van der Waals surface area contributed by atoms with Gasteiger partial charge in [0.05, 0.1) is 0 Å². The zero-order chi connectivity index (χ0) is 16.5. The average Bonchev–Trinajstić information content (AvgIpc) is 2.46. The van der Waals surface area contributed by atoms with Gasteiger partial charge in [0, 0.05) is 36.0 Å². The van der Waals surface area contributed by atoms with E-state index in [1.807, 2.05) is 0 Å². The van der Waals surface area contributed by atoms with E-state index in [1.165, 1.54) is 11.0 Å². The summed E-state index contributed by atoms with van der Waals surface area (Å²) in [5, 5.41) is 8.57. The zero-order valence-corrected chi connectivity index (χ0v) is 13.8. The summed E-state index contributed by atoms with van der Waals surface area (Å²) in [6.07, 6.45) is 2.84. The number of carbonyl (C=O) groups is 2. The quantitative estimate of drug-likeness (QED) is 0.531. The van der Waals surface area contributed by atoms with Gasteiger partial charge < -0.3 is 10.0 Å². The number of carboxylic acid groups (broad SMARTS) is 1. The molecule has 0 heterocycles. The highest BCUT2D eigenvalue weighted by Crippen LogP contribution is 2.18. The van der Waals surface area contributed by atoms with Gasteiger partial charge >= 0.3 is 5.97 Å². The highest BCUT2D eigenvalue weighted by Gasteiger charge is 2.15. The number of unbranched alkanes of at least 4 members (excludes halogenated alkanes) is 1. The summed E-state index contributed by atoms with van der Waals surface area (Å²) in [5.74, 6) is -1.37. The van der Waals surface area contributed by atoms with Crippen LogP contribution in [0.3, 0.4) is 0 Å². The Morgan fingerprint density at radius 1 is 1.32 bits per heavy atom. The molecular weight excluding hydrogens is 353 g/mol. The molecule has 0 unspecified atom stereocenters. The van der Waals surface area contributed by atoms with Crippen molar-refractivity contribution in [3.63, 3.8) is 0 Å². The number of hydrogen-bond acceptors (Lipinski definition) is 2. The van der Waals surface area contributed by atoms with Gasteiger partial charge in [-0.25, -0.2) is 4.39 Å². The fraction of sp³-hybridized carbons (Fsp3) is 0.375. The van der Waals surface area contributed by atoms with Gasteiger partial charge in [-0.1, -0.05) is 22.0 Å². The molecule has 0 radical (unpaired) electrons. The summed E-state index contributed by atoms with van der Waals surface area (Å²) >= 11 is 3.28. The number of rotatable bonds is 9. The first-order chi connectivity index (χ1) is 10.4. The zero-order valence-electron chi connectivity index (χ0n) is 12.2.